The van der Waals surface area contributed by atoms with E-state index in [1.807, 2.05) is 24.3 Å². The fraction of sp³-hybridized carbons (Fsp3) is 0.125. The monoisotopic (exact) mass is 1410 g/mol. The van der Waals surface area contributed by atoms with Gasteiger partial charge in [0, 0.05) is 92.3 Å². The van der Waals surface area contributed by atoms with Crippen LogP contribution in [0.4, 0.5) is 0 Å². The van der Waals surface area contributed by atoms with Gasteiger partial charge in [-0.2, -0.15) is 0 Å². The molecule has 6 aliphatic rings. The van der Waals surface area contributed by atoms with Gasteiger partial charge in [-0.3, -0.25) is 0 Å². The molecule has 6 aliphatic heterocycles. The van der Waals surface area contributed by atoms with Crippen LogP contribution in [0, 0.1) is 0 Å². The second-order valence-electron chi connectivity index (χ2n) is 27.5. The Kier molecular flexibility index (Phi) is 17.6. The molecular formula is C96H74N4O8. The number of nitrogens with zero attached hydrogens (tertiary/aromatic N) is 2. The van der Waals surface area contributed by atoms with Crippen molar-refractivity contribution >= 4 is 89.5 Å². The highest BCUT2D eigenvalue weighted by Crippen LogP contribution is 2.49. The first-order valence-electron chi connectivity index (χ1n) is 37.2. The summed E-state index contributed by atoms with van der Waals surface area (Å²) >= 11 is 0. The minimum absolute atomic E-state index is 0.399. The van der Waals surface area contributed by atoms with Crippen molar-refractivity contribution in [2.45, 2.75) is 25.7 Å². The zero-order chi connectivity index (χ0) is 71.7. The van der Waals surface area contributed by atoms with Crippen molar-refractivity contribution in [2.75, 3.05) is 52.9 Å². The number of fused-ring (bicyclic) bond motifs is 20. The predicted octanol–water partition coefficient (Wildman–Crippen LogP) is 23.3. The lowest BCUT2D eigenvalue weighted by Gasteiger charge is -2.20. The molecule has 20 bridgehead atoms. The summed E-state index contributed by atoms with van der Waals surface area (Å²) in [5, 5.41) is 8.73. The Morgan fingerprint density at radius 1 is 0.213 bits per heavy atom. The van der Waals surface area contributed by atoms with Crippen molar-refractivity contribution in [3.8, 4) is 113 Å². The lowest BCUT2D eigenvalue weighted by molar-refractivity contribution is 0.246. The van der Waals surface area contributed by atoms with Gasteiger partial charge in [0.25, 0.3) is 0 Å². The number of benzene rings is 12. The van der Waals surface area contributed by atoms with Gasteiger partial charge >= 0.3 is 0 Å². The van der Waals surface area contributed by atoms with E-state index in [1.165, 1.54) is 0 Å². The third kappa shape index (κ3) is 12.8. The van der Waals surface area contributed by atoms with E-state index in [-0.39, 0.29) is 0 Å². The van der Waals surface area contributed by atoms with E-state index in [1.54, 1.807) is 0 Å². The molecule has 0 saturated carbocycles. The van der Waals surface area contributed by atoms with E-state index in [9.17, 15) is 0 Å². The molecule has 2 N–H and O–H groups in total. The third-order valence-electron chi connectivity index (χ3n) is 20.6. The molecule has 0 radical (unpaired) electrons. The average molecular weight is 1410 g/mol. The highest BCUT2D eigenvalue weighted by molar-refractivity contribution is 6.12. The molecule has 12 nitrogen and oxygen atoms in total. The number of rotatable bonds is 0. The average Bonchev–Trinajstić information content (AvgIpc) is 0.860. The van der Waals surface area contributed by atoms with E-state index in [4.69, 9.17) is 47.9 Å². The molecule has 0 amide bonds. The van der Waals surface area contributed by atoms with Crippen LogP contribution in [0.5, 0.6) is 46.0 Å². The summed E-state index contributed by atoms with van der Waals surface area (Å²) in [6, 6.07) is 92.7. The molecule has 108 heavy (non-hydrogen) atoms. The molecule has 0 saturated heterocycles. The van der Waals surface area contributed by atoms with Gasteiger partial charge in [0.2, 0.25) is 0 Å². The normalized spacial score (nSPS) is 14.0. The van der Waals surface area contributed by atoms with E-state index in [0.29, 0.717) is 102 Å². The summed E-state index contributed by atoms with van der Waals surface area (Å²) < 4.78 is 54.6. The van der Waals surface area contributed by atoms with Crippen LogP contribution in [0.1, 0.15) is 48.5 Å². The second-order valence-corrected chi connectivity index (χ2v) is 27.5. The van der Waals surface area contributed by atoms with E-state index < -0.39 is 0 Å². The number of aromatic amines is 2. The van der Waals surface area contributed by atoms with Gasteiger partial charge in [0.1, 0.15) is 46.0 Å². The number of H-pyrrole nitrogens is 2. The Morgan fingerprint density at radius 2 is 0.454 bits per heavy atom. The number of hydrogen-bond donors (Lipinski definition) is 2. The zero-order valence-corrected chi connectivity index (χ0v) is 59.4. The van der Waals surface area contributed by atoms with Gasteiger partial charge < -0.3 is 47.9 Å². The molecule has 0 aliphatic carbocycles. The molecule has 15 aromatic rings. The highest BCUT2D eigenvalue weighted by Gasteiger charge is 2.25. The Balaban J connectivity index is 0.774. The van der Waals surface area contributed by atoms with Gasteiger partial charge in [-0.15, -0.1) is 0 Å². The van der Waals surface area contributed by atoms with Crippen molar-refractivity contribution in [3.63, 3.8) is 0 Å². The Hall–Kier alpha value is -13.3. The van der Waals surface area contributed by atoms with E-state index >= 15 is 0 Å². The summed E-state index contributed by atoms with van der Waals surface area (Å²) in [5.41, 5.74) is 17.5. The molecule has 0 atom stereocenters. The molecule has 9 heterocycles. The van der Waals surface area contributed by atoms with Crippen molar-refractivity contribution in [3.05, 3.63) is 290 Å². The minimum Gasteiger partial charge on any atom is -0.493 e. The van der Waals surface area contributed by atoms with Crippen molar-refractivity contribution < 1.29 is 37.9 Å². The topological polar surface area (TPSA) is 131 Å². The zero-order valence-electron chi connectivity index (χ0n) is 59.4. The van der Waals surface area contributed by atoms with E-state index in [0.717, 1.165) is 178 Å². The maximum absolute atomic E-state index is 6.90. The molecule has 526 valence electrons. The number of ether oxygens (including phenoxy) is 8. The summed E-state index contributed by atoms with van der Waals surface area (Å²) in [6.07, 6.45) is 10.9. The third-order valence-corrected chi connectivity index (χ3v) is 20.6. The van der Waals surface area contributed by atoms with Gasteiger partial charge in [-0.05, 0) is 187 Å². The number of aromatic nitrogens is 4. The van der Waals surface area contributed by atoms with Crippen molar-refractivity contribution in [1.29, 1.82) is 0 Å². The van der Waals surface area contributed by atoms with Crippen LogP contribution in [0.25, 0.3) is 156 Å². The molecule has 0 spiro atoms. The largest absolute Gasteiger partial charge is 0.493 e. The molecule has 21 rings (SSSR count). The maximum atomic E-state index is 6.90. The SMILES string of the molecule is C1=Cc2nc1c1c3ccc([nH]3)c3c4nc(c(c5ccc([nH]5)c2-c2cccc(c2)OCCCOc2ccc5ccccc5c2-c2c(ccc5ccccc25)OCCCOc2cccc-3c2)-c2cccc(c2)OCCCOc2ccc3ccccc3c2-c2c(ccc3ccccc23)OCCCOc2cccc-1c2)C=C4. The molecule has 12 heteroatoms. The lowest BCUT2D eigenvalue weighted by atomic mass is 9.92. The molecule has 3 aromatic heterocycles. The van der Waals surface area contributed by atoms with Gasteiger partial charge in [-0.1, -0.05) is 170 Å². The Morgan fingerprint density at radius 3 is 0.713 bits per heavy atom. The van der Waals surface area contributed by atoms with Crippen LogP contribution >= 0.6 is 0 Å². The van der Waals surface area contributed by atoms with E-state index in [2.05, 4.69) is 277 Å². The first-order valence-corrected chi connectivity index (χ1v) is 37.2. The number of hydrogen-bond acceptors (Lipinski definition) is 10. The molecule has 12 aromatic carbocycles. The summed E-state index contributed by atoms with van der Waals surface area (Å²) in [7, 11) is 0. The molecular weight excluding hydrogens is 1340 g/mol. The van der Waals surface area contributed by atoms with Gasteiger partial charge in [0.05, 0.1) is 75.6 Å². The van der Waals surface area contributed by atoms with Crippen LogP contribution in [-0.2, 0) is 0 Å². The summed E-state index contributed by atoms with van der Waals surface area (Å²) in [6.45, 7) is 3.21. The second kappa shape index (κ2) is 29.0. The maximum Gasteiger partial charge on any atom is 0.127 e. The lowest BCUT2D eigenvalue weighted by Crippen LogP contribution is -2.07. The quantitative estimate of drug-likeness (QED) is 0.151. The van der Waals surface area contributed by atoms with Crippen molar-refractivity contribution in [2.24, 2.45) is 0 Å². The van der Waals surface area contributed by atoms with Crippen molar-refractivity contribution in [1.82, 2.24) is 19.9 Å². The smallest absolute Gasteiger partial charge is 0.127 e. The Labute approximate surface area is 624 Å². The minimum atomic E-state index is 0.399. The number of nitrogens with one attached hydrogen (secondary N) is 2. The summed E-state index contributed by atoms with van der Waals surface area (Å²) in [4.78, 5) is 19.4. The Bertz CT molecular complexity index is 5520. The first kappa shape index (κ1) is 65.4. The van der Waals surface area contributed by atoms with Crippen LogP contribution < -0.4 is 37.9 Å². The standard InChI is InChI=1S/C96H74N4O8/c1-5-29-73-61(17-1)33-45-85-93(73)94-74-30-6-2-18-62(74)34-46-86(94)106-54-14-50-102-70-26-10-22-66(58-70)90-79-41-43-83(99-79)91-67-23-11-27-71(59-67)103-51-15-55-107-87-47-35-63-19-3-7-31-75(63)95(87)96-76-32-8-4-20-64(76)36-48-88(96)108-56-16-52-104-72-28-12-24-68(60-72)92(84-44-42-80(90)100-84)82-40-38-78(98-82)89(77-37-39-81(91)97-77)65-21-9-25-69(57-65)101-49-13-53-105-85/h1-12,17-48,57-60,97,100H,13-16,49-56H2. The van der Waals surface area contributed by atoms with Gasteiger partial charge in [-0.25, -0.2) is 9.97 Å². The molecule has 0 unspecified atom stereocenters. The van der Waals surface area contributed by atoms with Crippen LogP contribution in [0.2, 0.25) is 0 Å². The van der Waals surface area contributed by atoms with Crippen LogP contribution in [0.3, 0.4) is 0 Å². The fourth-order valence-electron chi connectivity index (χ4n) is 15.6. The van der Waals surface area contributed by atoms with Gasteiger partial charge in [0.15, 0.2) is 0 Å². The summed E-state index contributed by atoms with van der Waals surface area (Å²) in [5.74, 6) is 5.94. The highest BCUT2D eigenvalue weighted by atomic mass is 16.5. The van der Waals surface area contributed by atoms with Crippen LogP contribution in [-0.4, -0.2) is 72.8 Å². The molecule has 0 fully saturated rings. The first-order chi connectivity index (χ1) is 53.5. The van der Waals surface area contributed by atoms with Crippen LogP contribution in [0.15, 0.2) is 267 Å². The fourth-order valence-corrected chi connectivity index (χ4v) is 15.6. The predicted molar refractivity (Wildman–Crippen MR) is 437 cm³/mol.